The largest absolute Gasteiger partial charge is 0.339 e. The van der Waals surface area contributed by atoms with Crippen LogP contribution < -0.4 is 15.5 Å². The molecule has 4 amide bonds. The molecule has 0 heterocycles. The van der Waals surface area contributed by atoms with Gasteiger partial charge in [-0.3, -0.25) is 24.5 Å². The van der Waals surface area contributed by atoms with Crippen LogP contribution in [0.4, 0.5) is 5.69 Å². The Labute approximate surface area is 157 Å². The molecule has 0 aliphatic heterocycles. The molecule has 2 aromatic carbocycles. The van der Waals surface area contributed by atoms with Gasteiger partial charge in [0.05, 0.1) is 6.54 Å². The normalized spacial score (nSPS) is 10.2. The highest BCUT2D eigenvalue weighted by molar-refractivity contribution is 6.38. The Balaban J connectivity index is 1.92. The molecule has 0 fully saturated rings. The fourth-order valence-electron chi connectivity index (χ4n) is 2.46. The fraction of sp³-hybridized carbons (Fsp3) is 0.200. The van der Waals surface area contributed by atoms with Gasteiger partial charge in [0.2, 0.25) is 5.91 Å². The van der Waals surface area contributed by atoms with Gasteiger partial charge < -0.3 is 10.2 Å². The van der Waals surface area contributed by atoms with Crippen molar-refractivity contribution in [2.75, 3.05) is 11.4 Å². The maximum atomic E-state index is 12.5. The van der Waals surface area contributed by atoms with Gasteiger partial charge in [-0.25, -0.2) is 0 Å². The van der Waals surface area contributed by atoms with E-state index in [0.29, 0.717) is 5.69 Å². The van der Waals surface area contributed by atoms with E-state index in [0.717, 1.165) is 0 Å². The number of carbonyl (C=O) groups excluding carboxylic acids is 4. The van der Waals surface area contributed by atoms with Gasteiger partial charge in [0.25, 0.3) is 5.91 Å². The minimum atomic E-state index is -1.12. The van der Waals surface area contributed by atoms with E-state index < -0.39 is 17.7 Å². The first-order valence-corrected chi connectivity index (χ1v) is 8.46. The first-order chi connectivity index (χ1) is 12.9. The number of para-hydroxylation sites is 1. The van der Waals surface area contributed by atoms with Gasteiger partial charge in [0.1, 0.15) is 0 Å². The summed E-state index contributed by atoms with van der Waals surface area (Å²) in [7, 11) is 0. The molecule has 0 saturated heterocycles. The summed E-state index contributed by atoms with van der Waals surface area (Å²) in [5.74, 6) is -3.22. The second-order valence-corrected chi connectivity index (χ2v) is 6.02. The molecule has 0 spiro atoms. The third kappa shape index (κ3) is 5.50. The van der Waals surface area contributed by atoms with E-state index in [1.54, 1.807) is 42.5 Å². The number of hydrogen-bond donors (Lipinski definition) is 2. The third-order valence-electron chi connectivity index (χ3n) is 3.69. The first-order valence-electron chi connectivity index (χ1n) is 8.46. The molecule has 0 aromatic heterocycles. The van der Waals surface area contributed by atoms with Crippen LogP contribution in [0, 0.1) is 0 Å². The van der Waals surface area contributed by atoms with Crippen molar-refractivity contribution in [1.82, 2.24) is 10.6 Å². The van der Waals surface area contributed by atoms with Gasteiger partial charge in [0, 0.05) is 17.3 Å². The van der Waals surface area contributed by atoms with Crippen molar-refractivity contribution in [1.29, 1.82) is 0 Å². The molecular weight excluding hydrogens is 346 g/mol. The molecule has 0 bridgehead atoms. The molecule has 0 aliphatic rings. The monoisotopic (exact) mass is 367 g/mol. The SMILES string of the molecule is CC(C)N(C(=O)CNC(=O)C(=O)NC(=O)c1ccccc1)c1ccccc1. The van der Waals surface area contributed by atoms with Crippen LogP contribution in [0.1, 0.15) is 24.2 Å². The number of amides is 4. The van der Waals surface area contributed by atoms with E-state index in [1.165, 1.54) is 17.0 Å². The highest BCUT2D eigenvalue weighted by Crippen LogP contribution is 2.16. The van der Waals surface area contributed by atoms with Gasteiger partial charge in [-0.15, -0.1) is 0 Å². The van der Waals surface area contributed by atoms with Crippen LogP contribution in [-0.2, 0) is 14.4 Å². The van der Waals surface area contributed by atoms with Gasteiger partial charge in [-0.2, -0.15) is 0 Å². The van der Waals surface area contributed by atoms with Crippen LogP contribution in [-0.4, -0.2) is 36.2 Å². The first kappa shape index (κ1) is 19.8. The van der Waals surface area contributed by atoms with Crippen molar-refractivity contribution >= 4 is 29.3 Å². The lowest BCUT2D eigenvalue weighted by molar-refractivity contribution is -0.139. The molecule has 27 heavy (non-hydrogen) atoms. The van der Waals surface area contributed by atoms with Crippen LogP contribution in [0.5, 0.6) is 0 Å². The molecule has 7 heteroatoms. The molecule has 2 N–H and O–H groups in total. The number of imide groups is 1. The summed E-state index contributed by atoms with van der Waals surface area (Å²) in [4.78, 5) is 49.6. The van der Waals surface area contributed by atoms with E-state index in [2.05, 4.69) is 5.32 Å². The Hall–Kier alpha value is -3.48. The topological polar surface area (TPSA) is 95.6 Å². The quantitative estimate of drug-likeness (QED) is 0.783. The number of benzene rings is 2. The molecule has 2 rings (SSSR count). The fourth-order valence-corrected chi connectivity index (χ4v) is 2.46. The van der Waals surface area contributed by atoms with Crippen molar-refractivity contribution in [2.24, 2.45) is 0 Å². The van der Waals surface area contributed by atoms with E-state index >= 15 is 0 Å². The average Bonchev–Trinajstić information content (AvgIpc) is 2.67. The van der Waals surface area contributed by atoms with Crippen molar-refractivity contribution in [3.8, 4) is 0 Å². The zero-order chi connectivity index (χ0) is 19.8. The predicted molar refractivity (Wildman–Crippen MR) is 101 cm³/mol. The summed E-state index contributed by atoms with van der Waals surface area (Å²) >= 11 is 0. The molecule has 0 unspecified atom stereocenters. The summed E-state index contributed by atoms with van der Waals surface area (Å²) in [6.45, 7) is 3.33. The number of rotatable bonds is 5. The number of carbonyl (C=O) groups is 4. The van der Waals surface area contributed by atoms with Crippen LogP contribution in [0.2, 0.25) is 0 Å². The summed E-state index contributed by atoms with van der Waals surface area (Å²) in [5, 5.41) is 4.24. The summed E-state index contributed by atoms with van der Waals surface area (Å²) in [6, 6.07) is 16.9. The van der Waals surface area contributed by atoms with Crippen LogP contribution in [0.3, 0.4) is 0 Å². The zero-order valence-corrected chi connectivity index (χ0v) is 15.1. The van der Waals surface area contributed by atoms with Gasteiger partial charge in [-0.1, -0.05) is 36.4 Å². The van der Waals surface area contributed by atoms with Crippen molar-refractivity contribution in [2.45, 2.75) is 19.9 Å². The zero-order valence-electron chi connectivity index (χ0n) is 15.1. The van der Waals surface area contributed by atoms with Gasteiger partial charge in [-0.05, 0) is 38.1 Å². The molecule has 0 aliphatic carbocycles. The minimum Gasteiger partial charge on any atom is -0.339 e. The predicted octanol–water partition coefficient (Wildman–Crippen LogP) is 1.50. The third-order valence-corrected chi connectivity index (χ3v) is 3.69. The second-order valence-electron chi connectivity index (χ2n) is 6.02. The number of nitrogens with one attached hydrogen (secondary N) is 2. The van der Waals surface area contributed by atoms with Crippen molar-refractivity contribution in [3.05, 3.63) is 66.2 Å². The van der Waals surface area contributed by atoms with Crippen molar-refractivity contribution in [3.63, 3.8) is 0 Å². The van der Waals surface area contributed by atoms with E-state index in [-0.39, 0.29) is 24.1 Å². The van der Waals surface area contributed by atoms with E-state index in [1.807, 2.05) is 25.2 Å². The molecule has 7 nitrogen and oxygen atoms in total. The molecule has 140 valence electrons. The molecule has 0 atom stereocenters. The highest BCUT2D eigenvalue weighted by Gasteiger charge is 2.22. The lowest BCUT2D eigenvalue weighted by Gasteiger charge is -2.27. The second kappa shape index (κ2) is 9.28. The van der Waals surface area contributed by atoms with Gasteiger partial charge >= 0.3 is 11.8 Å². The Kier molecular flexibility index (Phi) is 6.82. The Morgan fingerprint density at radius 2 is 1.41 bits per heavy atom. The number of hydrogen-bond acceptors (Lipinski definition) is 4. The lowest BCUT2D eigenvalue weighted by atomic mass is 10.2. The summed E-state index contributed by atoms with van der Waals surface area (Å²) in [5.41, 5.74) is 0.945. The van der Waals surface area contributed by atoms with Crippen molar-refractivity contribution < 1.29 is 19.2 Å². The summed E-state index contributed by atoms with van der Waals surface area (Å²) < 4.78 is 0. The molecule has 0 saturated carbocycles. The van der Waals surface area contributed by atoms with Crippen LogP contribution >= 0.6 is 0 Å². The van der Waals surface area contributed by atoms with Crippen LogP contribution in [0.15, 0.2) is 60.7 Å². The molecule has 2 aromatic rings. The molecule has 0 radical (unpaired) electrons. The number of anilines is 1. The highest BCUT2D eigenvalue weighted by atomic mass is 16.2. The lowest BCUT2D eigenvalue weighted by Crippen LogP contribution is -2.48. The molecular formula is C20H21N3O4. The average molecular weight is 367 g/mol. The number of nitrogens with zero attached hydrogens (tertiary/aromatic N) is 1. The Bertz CT molecular complexity index is 820. The van der Waals surface area contributed by atoms with E-state index in [9.17, 15) is 19.2 Å². The minimum absolute atomic E-state index is 0.134. The standard InChI is InChI=1S/C20H21N3O4/c1-14(2)23(16-11-7-4-8-12-16)17(24)13-21-19(26)20(27)22-18(25)15-9-5-3-6-10-15/h3-12,14H,13H2,1-2H3,(H,21,26)(H,22,25,27). The smallest absolute Gasteiger partial charge is 0.316 e. The summed E-state index contributed by atoms with van der Waals surface area (Å²) in [6.07, 6.45) is 0. The van der Waals surface area contributed by atoms with Gasteiger partial charge in [0.15, 0.2) is 0 Å². The van der Waals surface area contributed by atoms with Crippen LogP contribution in [0.25, 0.3) is 0 Å². The maximum absolute atomic E-state index is 12.5. The Morgan fingerprint density at radius 1 is 0.852 bits per heavy atom. The van der Waals surface area contributed by atoms with E-state index in [4.69, 9.17) is 0 Å². The maximum Gasteiger partial charge on any atom is 0.316 e. The Morgan fingerprint density at radius 3 is 1.96 bits per heavy atom.